The van der Waals surface area contributed by atoms with Crippen molar-refractivity contribution >= 4 is 0 Å². The van der Waals surface area contributed by atoms with Gasteiger partial charge in [0.25, 0.3) is 0 Å². The second-order valence-corrected chi connectivity index (χ2v) is 5.60. The van der Waals surface area contributed by atoms with Gasteiger partial charge < -0.3 is 9.88 Å². The van der Waals surface area contributed by atoms with Crippen LogP contribution in [0.2, 0.25) is 0 Å². The first-order valence-corrected chi connectivity index (χ1v) is 7.45. The SMILES string of the molecule is Cc1ccccc1[C@H](C)NCc1nnc2n1CCCC2. The molecule has 0 fully saturated rings. The predicted molar refractivity (Wildman–Crippen MR) is 79.4 cm³/mol. The van der Waals surface area contributed by atoms with Gasteiger partial charge in [-0.25, -0.2) is 0 Å². The average Bonchev–Trinajstić information content (AvgIpc) is 2.88. The maximum atomic E-state index is 4.34. The van der Waals surface area contributed by atoms with E-state index in [4.69, 9.17) is 0 Å². The zero-order valence-electron chi connectivity index (χ0n) is 12.3. The van der Waals surface area contributed by atoms with Gasteiger partial charge in [0.2, 0.25) is 0 Å². The molecule has 0 saturated heterocycles. The predicted octanol–water partition coefficient (Wildman–Crippen LogP) is 2.77. The molecule has 4 nitrogen and oxygen atoms in total. The van der Waals surface area contributed by atoms with E-state index in [1.165, 1.54) is 24.0 Å². The summed E-state index contributed by atoms with van der Waals surface area (Å²) in [5.74, 6) is 2.22. The molecule has 3 rings (SSSR count). The fraction of sp³-hybridized carbons (Fsp3) is 0.500. The van der Waals surface area contributed by atoms with Crippen LogP contribution in [-0.4, -0.2) is 14.8 Å². The van der Waals surface area contributed by atoms with Crippen molar-refractivity contribution in [2.45, 2.75) is 52.2 Å². The van der Waals surface area contributed by atoms with Gasteiger partial charge in [0.05, 0.1) is 6.54 Å². The van der Waals surface area contributed by atoms with Crippen molar-refractivity contribution in [2.75, 3.05) is 0 Å². The molecule has 106 valence electrons. The molecule has 1 atom stereocenters. The van der Waals surface area contributed by atoms with E-state index in [0.29, 0.717) is 6.04 Å². The third kappa shape index (κ3) is 2.61. The first-order valence-electron chi connectivity index (χ1n) is 7.45. The molecular formula is C16H22N4. The average molecular weight is 270 g/mol. The van der Waals surface area contributed by atoms with Crippen LogP contribution in [-0.2, 0) is 19.5 Å². The summed E-state index contributed by atoms with van der Waals surface area (Å²) in [6.07, 6.45) is 3.55. The Morgan fingerprint density at radius 3 is 2.95 bits per heavy atom. The quantitative estimate of drug-likeness (QED) is 0.929. The highest BCUT2D eigenvalue weighted by molar-refractivity contribution is 5.28. The van der Waals surface area contributed by atoms with Gasteiger partial charge in [0.15, 0.2) is 0 Å². The molecule has 0 bridgehead atoms. The molecule has 20 heavy (non-hydrogen) atoms. The summed E-state index contributed by atoms with van der Waals surface area (Å²) in [5.41, 5.74) is 2.68. The highest BCUT2D eigenvalue weighted by atomic mass is 15.3. The van der Waals surface area contributed by atoms with Crippen LogP contribution >= 0.6 is 0 Å². The fourth-order valence-corrected chi connectivity index (χ4v) is 2.93. The van der Waals surface area contributed by atoms with Gasteiger partial charge in [-0.1, -0.05) is 24.3 Å². The second-order valence-electron chi connectivity index (χ2n) is 5.60. The number of benzene rings is 1. The topological polar surface area (TPSA) is 42.7 Å². The Labute approximate surface area is 120 Å². The molecular weight excluding hydrogens is 248 g/mol. The number of hydrogen-bond donors (Lipinski definition) is 1. The number of fused-ring (bicyclic) bond motifs is 1. The van der Waals surface area contributed by atoms with Crippen molar-refractivity contribution in [3.8, 4) is 0 Å². The van der Waals surface area contributed by atoms with Crippen LogP contribution in [0.25, 0.3) is 0 Å². The Morgan fingerprint density at radius 2 is 2.10 bits per heavy atom. The smallest absolute Gasteiger partial charge is 0.147 e. The van der Waals surface area contributed by atoms with Crippen LogP contribution in [0, 0.1) is 6.92 Å². The van der Waals surface area contributed by atoms with Crippen molar-refractivity contribution < 1.29 is 0 Å². The van der Waals surface area contributed by atoms with Gasteiger partial charge >= 0.3 is 0 Å². The van der Waals surface area contributed by atoms with E-state index < -0.39 is 0 Å². The van der Waals surface area contributed by atoms with Crippen LogP contribution in [0.5, 0.6) is 0 Å². The first kappa shape index (κ1) is 13.3. The Morgan fingerprint density at radius 1 is 1.25 bits per heavy atom. The number of rotatable bonds is 4. The van der Waals surface area contributed by atoms with Crippen molar-refractivity contribution in [3.05, 3.63) is 47.0 Å². The summed E-state index contributed by atoms with van der Waals surface area (Å²) in [4.78, 5) is 0. The molecule has 0 amide bonds. The number of nitrogens with one attached hydrogen (secondary N) is 1. The second kappa shape index (κ2) is 5.75. The molecule has 2 heterocycles. The molecule has 0 unspecified atom stereocenters. The first-order chi connectivity index (χ1) is 9.75. The van der Waals surface area contributed by atoms with Crippen molar-refractivity contribution in [1.82, 2.24) is 20.1 Å². The van der Waals surface area contributed by atoms with Crippen LogP contribution in [0.3, 0.4) is 0 Å². The maximum absolute atomic E-state index is 4.34. The lowest BCUT2D eigenvalue weighted by atomic mass is 10.0. The van der Waals surface area contributed by atoms with Gasteiger partial charge in [0, 0.05) is 19.0 Å². The van der Waals surface area contributed by atoms with Crippen LogP contribution in [0.1, 0.15) is 48.6 Å². The van der Waals surface area contributed by atoms with Gasteiger partial charge in [-0.3, -0.25) is 0 Å². The molecule has 4 heteroatoms. The van der Waals surface area contributed by atoms with Crippen LogP contribution in [0.15, 0.2) is 24.3 Å². The minimum atomic E-state index is 0.327. The van der Waals surface area contributed by atoms with Crippen molar-refractivity contribution in [3.63, 3.8) is 0 Å². The lowest BCUT2D eigenvalue weighted by Crippen LogP contribution is -2.22. The molecule has 0 saturated carbocycles. The molecule has 0 spiro atoms. The molecule has 2 aromatic rings. The largest absolute Gasteiger partial charge is 0.314 e. The summed E-state index contributed by atoms with van der Waals surface area (Å²) in [7, 11) is 0. The lowest BCUT2D eigenvalue weighted by Gasteiger charge is -2.18. The van der Waals surface area contributed by atoms with E-state index in [0.717, 1.165) is 31.2 Å². The molecule has 1 aromatic heterocycles. The monoisotopic (exact) mass is 270 g/mol. The molecule has 1 aliphatic rings. The third-order valence-corrected chi connectivity index (χ3v) is 4.16. The zero-order valence-corrected chi connectivity index (χ0v) is 12.3. The number of nitrogens with zero attached hydrogens (tertiary/aromatic N) is 3. The van der Waals surface area contributed by atoms with Gasteiger partial charge in [-0.2, -0.15) is 0 Å². The van der Waals surface area contributed by atoms with E-state index >= 15 is 0 Å². The third-order valence-electron chi connectivity index (χ3n) is 4.16. The summed E-state index contributed by atoms with van der Waals surface area (Å²) < 4.78 is 2.28. The van der Waals surface area contributed by atoms with Crippen molar-refractivity contribution in [2.24, 2.45) is 0 Å². The molecule has 0 radical (unpaired) electrons. The van der Waals surface area contributed by atoms with E-state index in [-0.39, 0.29) is 0 Å². The van der Waals surface area contributed by atoms with Gasteiger partial charge in [0.1, 0.15) is 11.6 Å². The summed E-state index contributed by atoms with van der Waals surface area (Å²) in [6.45, 7) is 6.21. The number of aryl methyl sites for hydroxylation is 2. The van der Waals surface area contributed by atoms with Crippen LogP contribution in [0.4, 0.5) is 0 Å². The normalized spacial score (nSPS) is 15.9. The Balaban J connectivity index is 1.68. The highest BCUT2D eigenvalue weighted by Crippen LogP contribution is 2.18. The number of aromatic nitrogens is 3. The molecule has 1 aliphatic heterocycles. The van der Waals surface area contributed by atoms with Gasteiger partial charge in [-0.15, -0.1) is 10.2 Å². The summed E-state index contributed by atoms with van der Waals surface area (Å²) in [6, 6.07) is 8.85. The minimum Gasteiger partial charge on any atom is -0.314 e. The molecule has 1 N–H and O–H groups in total. The van der Waals surface area contributed by atoms with E-state index in [2.05, 4.69) is 58.2 Å². The highest BCUT2D eigenvalue weighted by Gasteiger charge is 2.16. The van der Waals surface area contributed by atoms with Gasteiger partial charge in [-0.05, 0) is 37.8 Å². The lowest BCUT2D eigenvalue weighted by molar-refractivity contribution is 0.483. The molecule has 0 aliphatic carbocycles. The number of hydrogen-bond acceptors (Lipinski definition) is 3. The Kier molecular flexibility index (Phi) is 3.83. The van der Waals surface area contributed by atoms with E-state index in [1.807, 2.05) is 0 Å². The van der Waals surface area contributed by atoms with E-state index in [1.54, 1.807) is 0 Å². The standard InChI is InChI=1S/C16H22N4/c1-12-7-3-4-8-14(12)13(2)17-11-16-19-18-15-9-5-6-10-20(15)16/h3-4,7-8,13,17H,5-6,9-11H2,1-2H3/t13-/m0/s1. The minimum absolute atomic E-state index is 0.327. The summed E-state index contributed by atoms with van der Waals surface area (Å²) in [5, 5.41) is 12.2. The zero-order chi connectivity index (χ0) is 13.9. The fourth-order valence-electron chi connectivity index (χ4n) is 2.93. The van der Waals surface area contributed by atoms with E-state index in [9.17, 15) is 0 Å². The maximum Gasteiger partial charge on any atom is 0.147 e. The summed E-state index contributed by atoms with van der Waals surface area (Å²) >= 11 is 0. The Hall–Kier alpha value is -1.68. The van der Waals surface area contributed by atoms with Crippen molar-refractivity contribution in [1.29, 1.82) is 0 Å². The van der Waals surface area contributed by atoms with Crippen LogP contribution < -0.4 is 5.32 Å². The molecule has 1 aromatic carbocycles. The Bertz CT molecular complexity index is 588.